The van der Waals surface area contributed by atoms with Crippen LogP contribution in [0.1, 0.15) is 47.2 Å². The van der Waals surface area contributed by atoms with E-state index in [2.05, 4.69) is 248 Å². The summed E-state index contributed by atoms with van der Waals surface area (Å²) in [6.45, 7) is 4.75. The van der Waals surface area contributed by atoms with Crippen LogP contribution in [0, 0.1) is 12.1 Å². The third-order valence-corrected chi connectivity index (χ3v) is 16.1. The predicted octanol–water partition coefficient (Wildman–Crippen LogP) is 17.2. The van der Waals surface area contributed by atoms with Crippen LogP contribution in [0.4, 0.5) is 34.1 Å². The summed E-state index contributed by atoms with van der Waals surface area (Å²) in [6.07, 6.45) is 0. The average Bonchev–Trinajstić information content (AvgIpc) is 3.98. The van der Waals surface area contributed by atoms with Gasteiger partial charge >= 0.3 is 0 Å². The second-order valence-electron chi connectivity index (χ2n) is 18.6. The highest BCUT2D eigenvalue weighted by molar-refractivity contribution is 7.25. The molecule has 14 rings (SSSR count). The first kappa shape index (κ1) is 38.1. The van der Waals surface area contributed by atoms with Crippen molar-refractivity contribution in [1.29, 1.82) is 0 Å². The lowest BCUT2D eigenvalue weighted by atomic mass is 9.64. The molecule has 67 heavy (non-hydrogen) atoms. The van der Waals surface area contributed by atoms with E-state index in [0.717, 1.165) is 28.1 Å². The first-order chi connectivity index (χ1) is 33.0. The fourth-order valence-corrected chi connectivity index (χ4v) is 13.1. The molecule has 3 heteroatoms. The third-order valence-electron chi connectivity index (χ3n) is 14.9. The van der Waals surface area contributed by atoms with Gasteiger partial charge in [-0.2, -0.15) is 0 Å². The minimum absolute atomic E-state index is 0.160. The molecule has 314 valence electrons. The van der Waals surface area contributed by atoms with E-state index in [-0.39, 0.29) is 5.41 Å². The van der Waals surface area contributed by atoms with Crippen LogP contribution in [0.25, 0.3) is 53.6 Å². The molecule has 0 fully saturated rings. The second-order valence-corrected chi connectivity index (χ2v) is 19.7. The number of hydrogen-bond acceptors (Lipinski definition) is 3. The van der Waals surface area contributed by atoms with Crippen LogP contribution < -0.4 is 9.80 Å². The number of para-hydroxylation sites is 3. The van der Waals surface area contributed by atoms with Gasteiger partial charge < -0.3 is 9.80 Å². The fourth-order valence-electron chi connectivity index (χ4n) is 12.0. The number of hydrogen-bond donors (Lipinski definition) is 0. The highest BCUT2D eigenvalue weighted by Gasteiger charge is 2.52. The fraction of sp³-hybridized carbons (Fsp3) is 0.0625. The van der Waals surface area contributed by atoms with Crippen molar-refractivity contribution in [3.63, 3.8) is 0 Å². The molecule has 10 aromatic carbocycles. The molecule has 0 unspecified atom stereocenters. The molecular formula is C64H42N2S. The van der Waals surface area contributed by atoms with Crippen molar-refractivity contribution in [2.75, 3.05) is 9.80 Å². The summed E-state index contributed by atoms with van der Waals surface area (Å²) in [7, 11) is 0. The van der Waals surface area contributed by atoms with Crippen LogP contribution >= 0.6 is 11.3 Å². The van der Waals surface area contributed by atoms with Crippen LogP contribution in [-0.2, 0) is 10.8 Å². The van der Waals surface area contributed by atoms with Crippen molar-refractivity contribution in [3.05, 3.63) is 264 Å². The Morgan fingerprint density at radius 1 is 0.463 bits per heavy atom. The minimum Gasteiger partial charge on any atom is -0.310 e. The summed E-state index contributed by atoms with van der Waals surface area (Å²) in [4.78, 5) is 4.98. The van der Waals surface area contributed by atoms with Crippen molar-refractivity contribution >= 4 is 65.6 Å². The summed E-state index contributed by atoms with van der Waals surface area (Å²) in [5.41, 5.74) is 21.6. The molecule has 0 saturated carbocycles. The maximum absolute atomic E-state index is 3.39. The predicted molar refractivity (Wildman–Crippen MR) is 280 cm³/mol. The normalized spacial score (nSPS) is 14.2. The molecular weight excluding hydrogens is 829 g/mol. The molecule has 0 bridgehead atoms. The molecule has 1 aromatic heterocycles. The maximum Gasteiger partial charge on any atom is 0.0755 e. The van der Waals surface area contributed by atoms with Crippen molar-refractivity contribution in [2.24, 2.45) is 0 Å². The zero-order valence-corrected chi connectivity index (χ0v) is 37.9. The van der Waals surface area contributed by atoms with Gasteiger partial charge in [-0.25, -0.2) is 0 Å². The van der Waals surface area contributed by atoms with Crippen LogP contribution in [-0.4, -0.2) is 0 Å². The number of fused-ring (bicyclic) bond motifs is 15. The summed E-state index contributed by atoms with van der Waals surface area (Å²) >= 11 is 1.82. The first-order valence-corrected chi connectivity index (χ1v) is 24.0. The van der Waals surface area contributed by atoms with Gasteiger partial charge in [0.1, 0.15) is 0 Å². The topological polar surface area (TPSA) is 6.48 Å². The lowest BCUT2D eigenvalue weighted by Crippen LogP contribution is -2.36. The summed E-state index contributed by atoms with van der Waals surface area (Å²) in [5.74, 6) is 0. The zero-order valence-electron chi connectivity index (χ0n) is 37.1. The molecule has 0 atom stereocenters. The van der Waals surface area contributed by atoms with E-state index >= 15 is 0 Å². The van der Waals surface area contributed by atoms with Crippen molar-refractivity contribution in [3.8, 4) is 33.4 Å². The van der Waals surface area contributed by atoms with Gasteiger partial charge in [-0.1, -0.05) is 166 Å². The molecule has 3 aliphatic rings. The molecule has 1 spiro atoms. The van der Waals surface area contributed by atoms with Gasteiger partial charge in [-0.05, 0) is 140 Å². The van der Waals surface area contributed by atoms with E-state index in [1.54, 1.807) is 0 Å². The average molecular weight is 871 g/mol. The Hall–Kier alpha value is -8.16. The van der Waals surface area contributed by atoms with Gasteiger partial charge in [0.05, 0.1) is 27.9 Å². The van der Waals surface area contributed by atoms with Gasteiger partial charge in [-0.15, -0.1) is 11.3 Å². The summed E-state index contributed by atoms with van der Waals surface area (Å²) < 4.78 is 2.51. The monoisotopic (exact) mass is 870 g/mol. The Bertz CT molecular complexity index is 3760. The van der Waals surface area contributed by atoms with E-state index < -0.39 is 5.41 Å². The largest absolute Gasteiger partial charge is 0.310 e. The number of rotatable bonds is 5. The Labute approximate surface area is 395 Å². The van der Waals surface area contributed by atoms with Gasteiger partial charge in [-0.3, -0.25) is 0 Å². The second kappa shape index (κ2) is 14.2. The smallest absolute Gasteiger partial charge is 0.0755 e. The van der Waals surface area contributed by atoms with Gasteiger partial charge in [0.2, 0.25) is 0 Å². The quantitative estimate of drug-likeness (QED) is 0.170. The molecule has 2 nitrogen and oxygen atoms in total. The molecule has 2 heterocycles. The van der Waals surface area contributed by atoms with E-state index in [4.69, 9.17) is 0 Å². The molecule has 2 aliphatic carbocycles. The van der Waals surface area contributed by atoms with Crippen LogP contribution in [0.2, 0.25) is 0 Å². The van der Waals surface area contributed by atoms with Gasteiger partial charge in [0.15, 0.2) is 0 Å². The van der Waals surface area contributed by atoms with Gasteiger partial charge in [0.25, 0.3) is 0 Å². The van der Waals surface area contributed by atoms with Crippen LogP contribution in [0.15, 0.2) is 218 Å². The Morgan fingerprint density at radius 2 is 1.09 bits per heavy atom. The summed E-state index contributed by atoms with van der Waals surface area (Å²) in [5, 5.41) is 2.37. The molecule has 0 amide bonds. The summed E-state index contributed by atoms with van der Waals surface area (Å²) in [6, 6.07) is 88.0. The first-order valence-electron chi connectivity index (χ1n) is 23.2. The Balaban J connectivity index is 1.00. The lowest BCUT2D eigenvalue weighted by Gasteiger charge is -2.45. The van der Waals surface area contributed by atoms with E-state index in [9.17, 15) is 0 Å². The molecule has 0 N–H and O–H groups in total. The van der Waals surface area contributed by atoms with Gasteiger partial charge in [0, 0.05) is 42.8 Å². The minimum atomic E-state index is -0.572. The molecule has 1 aliphatic heterocycles. The van der Waals surface area contributed by atoms with Crippen LogP contribution in [0.3, 0.4) is 0 Å². The highest BCUT2D eigenvalue weighted by atomic mass is 32.1. The molecule has 0 saturated heterocycles. The standard InChI is InChI=1S/C64H42N2S/c1-63(2)51-22-9-6-19-46(51)47-37-36-45(40-56(47)63)65(44-34-31-41(32-35-44)42-33-38-61-50(39-42)48-20-8-15-30-60(48)67-61)59-29-16-26-55-62(59)49-21-7-10-23-52(49)64(55)53-24-11-13-27-57(53)66(43-17-4-3-5-18-43)58-28-14-12-25-54(58)64/h3-7,9-19,21-40H,1-2H3. The highest BCUT2D eigenvalue weighted by Crippen LogP contribution is 2.65. The lowest BCUT2D eigenvalue weighted by molar-refractivity contribution is 0.660. The van der Waals surface area contributed by atoms with Crippen molar-refractivity contribution in [1.82, 2.24) is 0 Å². The van der Waals surface area contributed by atoms with E-state index in [1.165, 1.54) is 92.9 Å². The number of nitrogens with zero attached hydrogens (tertiary/aromatic N) is 2. The van der Waals surface area contributed by atoms with Crippen molar-refractivity contribution in [2.45, 2.75) is 24.7 Å². The number of benzene rings is 9. The third kappa shape index (κ3) is 5.28. The van der Waals surface area contributed by atoms with E-state index in [0.29, 0.717) is 0 Å². The number of thiophene rings is 1. The van der Waals surface area contributed by atoms with Crippen molar-refractivity contribution < 1.29 is 0 Å². The van der Waals surface area contributed by atoms with Crippen LogP contribution in [0.5, 0.6) is 0 Å². The molecule has 11 aromatic rings. The molecule has 0 radical (unpaired) electrons. The number of anilines is 6. The Kier molecular flexibility index (Phi) is 8.07. The van der Waals surface area contributed by atoms with E-state index in [1.807, 2.05) is 17.4 Å². The maximum atomic E-state index is 3.39. The SMILES string of the molecule is CC1(C)c2ccccc2-c2ccc(N(c3ccc(-c4ccc5sc6ccc#cc6c5c4)cc3)c3cccc4c3-c3ccccc3C43c4ccccc4N(c4ccccc4)c4ccccc43)cc21. The Morgan fingerprint density at radius 3 is 1.87 bits per heavy atom. The zero-order chi connectivity index (χ0) is 44.4.